The van der Waals surface area contributed by atoms with Gasteiger partial charge in [0, 0.05) is 19.2 Å². The fourth-order valence-electron chi connectivity index (χ4n) is 4.63. The number of aromatic nitrogens is 4. The Morgan fingerprint density at radius 1 is 1.25 bits per heavy atom. The van der Waals surface area contributed by atoms with Crippen LogP contribution in [0.5, 0.6) is 5.75 Å². The maximum absolute atomic E-state index is 13.2. The Balaban J connectivity index is 1.72. The van der Waals surface area contributed by atoms with Gasteiger partial charge in [0.2, 0.25) is 5.78 Å². The number of amides is 1. The highest BCUT2D eigenvalue weighted by molar-refractivity contribution is 5.98. The molecule has 11 heteroatoms. The van der Waals surface area contributed by atoms with Crippen LogP contribution in [0.2, 0.25) is 0 Å². The largest absolute Gasteiger partial charge is 0.632 e. The van der Waals surface area contributed by atoms with Gasteiger partial charge in [0.15, 0.2) is 12.1 Å². The minimum absolute atomic E-state index is 0.169. The van der Waals surface area contributed by atoms with E-state index in [1.807, 2.05) is 20.8 Å². The third-order valence-corrected chi connectivity index (χ3v) is 6.47. The third-order valence-electron chi connectivity index (χ3n) is 6.47. The fraction of sp³-hybridized carbons (Fsp3) is 0.480. The summed E-state index contributed by atoms with van der Waals surface area (Å²) in [5.41, 5.74) is 1.99. The zero-order valence-electron chi connectivity index (χ0n) is 21.2. The number of H-pyrrole nitrogens is 1. The number of quaternary nitrogens is 1. The summed E-state index contributed by atoms with van der Waals surface area (Å²) in [4.78, 5) is 47.5. The second-order valence-corrected chi connectivity index (χ2v) is 9.07. The van der Waals surface area contributed by atoms with Gasteiger partial charge in [-0.25, -0.2) is 4.98 Å². The summed E-state index contributed by atoms with van der Waals surface area (Å²) in [6.07, 6.45) is 1.51. The number of ether oxygens (including phenoxy) is 1. The lowest BCUT2D eigenvalue weighted by molar-refractivity contribution is -0.867. The van der Waals surface area contributed by atoms with E-state index in [1.54, 1.807) is 30.1 Å². The minimum Gasteiger partial charge on any atom is -0.632 e. The molecule has 1 atom stereocenters. The summed E-state index contributed by atoms with van der Waals surface area (Å²) in [5.74, 6) is 0.0841. The molecule has 1 fully saturated rings. The number of hydroxylamine groups is 3. The Hall–Kier alpha value is -3.57. The van der Waals surface area contributed by atoms with Crippen molar-refractivity contribution in [1.29, 1.82) is 0 Å². The first-order valence-electron chi connectivity index (χ1n) is 12.3. The zero-order valence-corrected chi connectivity index (χ0v) is 21.2. The molecule has 1 aromatic carbocycles. The van der Waals surface area contributed by atoms with E-state index in [4.69, 9.17) is 9.72 Å². The molecule has 0 saturated carbocycles. The summed E-state index contributed by atoms with van der Waals surface area (Å²) < 4.78 is 6.40. The minimum atomic E-state index is -0.881. The second-order valence-electron chi connectivity index (χ2n) is 9.07. The van der Waals surface area contributed by atoms with Gasteiger partial charge in [-0.05, 0) is 38.5 Å². The molecule has 192 valence electrons. The van der Waals surface area contributed by atoms with Crippen molar-refractivity contribution in [2.24, 2.45) is 7.05 Å². The molecule has 11 nitrogen and oxygen atoms in total. The molecule has 3 aromatic rings. The summed E-state index contributed by atoms with van der Waals surface area (Å²) >= 11 is 0. The SMILES string of the molecule is CCCc1nn(C)c2c(=O)[nH]c(-c3cc(C(=O)C[N+]4([O-])CCN(CC)C(=O)C4)ccc3OCC)nc12. The first-order valence-corrected chi connectivity index (χ1v) is 12.3. The summed E-state index contributed by atoms with van der Waals surface area (Å²) in [7, 11) is 1.70. The van der Waals surface area contributed by atoms with Gasteiger partial charge >= 0.3 is 0 Å². The van der Waals surface area contributed by atoms with Crippen LogP contribution in [0.1, 0.15) is 43.2 Å². The second kappa shape index (κ2) is 10.2. The molecule has 1 amide bonds. The zero-order chi connectivity index (χ0) is 26.0. The Kier molecular flexibility index (Phi) is 7.23. The topological polar surface area (TPSA) is 133 Å². The number of nitrogens with one attached hydrogen (secondary N) is 1. The number of rotatable bonds is 9. The maximum atomic E-state index is 13.2. The van der Waals surface area contributed by atoms with Crippen LogP contribution in [0.3, 0.4) is 0 Å². The van der Waals surface area contributed by atoms with Gasteiger partial charge < -0.3 is 24.5 Å². The normalized spacial score (nSPS) is 18.1. The molecule has 0 bridgehead atoms. The van der Waals surface area contributed by atoms with Crippen molar-refractivity contribution >= 4 is 22.7 Å². The maximum Gasteiger partial charge on any atom is 0.278 e. The predicted molar refractivity (Wildman–Crippen MR) is 135 cm³/mol. The molecule has 0 spiro atoms. The van der Waals surface area contributed by atoms with E-state index in [0.717, 1.165) is 12.1 Å². The monoisotopic (exact) mass is 496 g/mol. The number of nitrogens with zero attached hydrogens (tertiary/aromatic N) is 5. The van der Waals surface area contributed by atoms with E-state index < -0.39 is 4.65 Å². The van der Waals surface area contributed by atoms with E-state index in [1.165, 1.54) is 4.68 Å². The van der Waals surface area contributed by atoms with Gasteiger partial charge in [0.1, 0.15) is 23.6 Å². The summed E-state index contributed by atoms with van der Waals surface area (Å²) in [5, 5.41) is 17.6. The van der Waals surface area contributed by atoms with E-state index in [9.17, 15) is 19.6 Å². The van der Waals surface area contributed by atoms with Crippen LogP contribution in [0.25, 0.3) is 22.4 Å². The average Bonchev–Trinajstić information content (AvgIpc) is 3.15. The quantitative estimate of drug-likeness (QED) is 0.272. The number of aromatic amines is 1. The summed E-state index contributed by atoms with van der Waals surface area (Å²) in [6, 6.07) is 4.82. The number of carbonyl (C=O) groups excluding carboxylic acids is 2. The van der Waals surface area contributed by atoms with Gasteiger partial charge in [0.05, 0.1) is 31.0 Å². The number of aryl methyl sites for hydroxylation is 2. The number of hydrogen-bond donors (Lipinski definition) is 1. The summed E-state index contributed by atoms with van der Waals surface area (Å²) in [6.45, 7) is 6.54. The molecule has 2 aromatic heterocycles. The van der Waals surface area contributed by atoms with E-state index >= 15 is 0 Å². The molecule has 4 rings (SSSR count). The Labute approximate surface area is 208 Å². The Morgan fingerprint density at radius 2 is 2.03 bits per heavy atom. The lowest BCUT2D eigenvalue weighted by atomic mass is 10.0. The van der Waals surface area contributed by atoms with Gasteiger partial charge in [-0.15, -0.1) is 0 Å². The molecular weight excluding hydrogens is 464 g/mol. The molecule has 1 aliphatic heterocycles. The van der Waals surface area contributed by atoms with Crippen LogP contribution in [0, 0.1) is 5.21 Å². The van der Waals surface area contributed by atoms with E-state index in [-0.39, 0.29) is 48.3 Å². The van der Waals surface area contributed by atoms with Gasteiger partial charge in [-0.3, -0.25) is 19.1 Å². The number of ketones is 1. The first-order chi connectivity index (χ1) is 17.2. The molecule has 0 radical (unpaired) electrons. The Bertz CT molecular complexity index is 1360. The van der Waals surface area contributed by atoms with Crippen LogP contribution in [0.4, 0.5) is 0 Å². The smallest absolute Gasteiger partial charge is 0.278 e. The average molecular weight is 497 g/mol. The number of likely N-dealkylation sites (N-methyl/N-ethyl adjacent to an activating group) is 1. The molecular formula is C25H32N6O5. The standard InChI is InChI=1S/C25H32N6O5/c1-5-8-18-22-23(29(4)28-18)25(34)27-24(26-22)17-13-16(9-10-20(17)36-7-3)19(32)14-31(35)12-11-30(6-2)21(33)15-31/h9-10,13H,5-8,11-12,14-15H2,1-4H3,(H,26,27,34). The lowest BCUT2D eigenvalue weighted by Gasteiger charge is -2.46. The highest BCUT2D eigenvalue weighted by Gasteiger charge is 2.33. The highest BCUT2D eigenvalue weighted by Crippen LogP contribution is 2.30. The van der Waals surface area contributed by atoms with Crippen LogP contribution >= 0.6 is 0 Å². The van der Waals surface area contributed by atoms with Crippen molar-refractivity contribution in [3.05, 3.63) is 45.0 Å². The van der Waals surface area contributed by atoms with Crippen LogP contribution in [0.15, 0.2) is 23.0 Å². The lowest BCUT2D eigenvalue weighted by Crippen LogP contribution is -2.60. The van der Waals surface area contributed by atoms with Crippen molar-refractivity contribution in [2.75, 3.05) is 39.3 Å². The van der Waals surface area contributed by atoms with E-state index in [0.29, 0.717) is 48.5 Å². The number of piperazine rings is 1. The molecule has 36 heavy (non-hydrogen) atoms. The van der Waals surface area contributed by atoms with Crippen LogP contribution in [-0.2, 0) is 18.3 Å². The molecule has 3 heterocycles. The van der Waals surface area contributed by atoms with Crippen molar-refractivity contribution in [3.8, 4) is 17.1 Å². The number of Topliss-reactive ketones (excluding diaryl/α,β-unsaturated/α-hetero) is 1. The molecule has 1 saturated heterocycles. The number of benzene rings is 1. The number of fused-ring (bicyclic) bond motifs is 1. The van der Waals surface area contributed by atoms with Gasteiger partial charge in [-0.2, -0.15) is 5.10 Å². The number of carbonyl (C=O) groups is 2. The fourth-order valence-corrected chi connectivity index (χ4v) is 4.63. The molecule has 1 aliphatic rings. The van der Waals surface area contributed by atoms with Crippen LogP contribution < -0.4 is 10.3 Å². The molecule has 1 unspecified atom stereocenters. The predicted octanol–water partition coefficient (Wildman–Crippen LogP) is 2.03. The molecule has 1 N–H and O–H groups in total. The van der Waals surface area contributed by atoms with Crippen LogP contribution in [-0.4, -0.2) is 80.3 Å². The van der Waals surface area contributed by atoms with E-state index in [2.05, 4.69) is 10.1 Å². The van der Waals surface area contributed by atoms with Crippen molar-refractivity contribution in [1.82, 2.24) is 24.6 Å². The van der Waals surface area contributed by atoms with Crippen molar-refractivity contribution < 1.29 is 19.0 Å². The number of hydrogen-bond acceptors (Lipinski definition) is 7. The highest BCUT2D eigenvalue weighted by atomic mass is 16.5. The van der Waals surface area contributed by atoms with Crippen molar-refractivity contribution in [3.63, 3.8) is 0 Å². The Morgan fingerprint density at radius 3 is 2.69 bits per heavy atom. The van der Waals surface area contributed by atoms with Crippen molar-refractivity contribution in [2.45, 2.75) is 33.6 Å². The van der Waals surface area contributed by atoms with Gasteiger partial charge in [-0.1, -0.05) is 13.3 Å². The first kappa shape index (κ1) is 25.5. The van der Waals surface area contributed by atoms with Gasteiger partial charge in [0.25, 0.3) is 11.5 Å². The third kappa shape index (κ3) is 4.89. The molecule has 0 aliphatic carbocycles.